The molecule has 0 spiro atoms. The van der Waals surface area contributed by atoms with Gasteiger partial charge in [-0.3, -0.25) is 0 Å². The molecule has 1 N–H and O–H groups in total. The molecule has 1 aliphatic heterocycles. The van der Waals surface area contributed by atoms with Gasteiger partial charge in [-0.25, -0.2) is 21.1 Å². The number of nitrogens with zero attached hydrogens (tertiary/aromatic N) is 1. The van der Waals surface area contributed by atoms with Crippen LogP contribution in [0.4, 0.5) is 0 Å². The Labute approximate surface area is 121 Å². The van der Waals surface area contributed by atoms with E-state index in [1.807, 2.05) is 0 Å². The van der Waals surface area contributed by atoms with E-state index in [0.717, 1.165) is 38.5 Å². The smallest absolute Gasteiger partial charge is 0.215 e. The van der Waals surface area contributed by atoms with Crippen molar-refractivity contribution in [1.82, 2.24) is 9.62 Å². The van der Waals surface area contributed by atoms with Gasteiger partial charge in [-0.2, -0.15) is 0 Å². The lowest BCUT2D eigenvalue weighted by atomic mass is 10.2. The summed E-state index contributed by atoms with van der Waals surface area (Å²) in [5.41, 5.74) is 0. The van der Waals surface area contributed by atoms with Crippen molar-refractivity contribution in [2.24, 2.45) is 5.92 Å². The van der Waals surface area contributed by atoms with Crippen molar-refractivity contribution >= 4 is 19.9 Å². The highest BCUT2D eigenvalue weighted by molar-refractivity contribution is 7.93. The molecule has 1 saturated heterocycles. The zero-order valence-electron chi connectivity index (χ0n) is 11.9. The molecule has 118 valence electrons. The summed E-state index contributed by atoms with van der Waals surface area (Å²) < 4.78 is 48.6. The third-order valence-corrected chi connectivity index (χ3v) is 6.86. The summed E-state index contributed by atoms with van der Waals surface area (Å²) in [6, 6.07) is 0.210. The second-order valence-corrected chi connectivity index (χ2v) is 10.3. The van der Waals surface area contributed by atoms with Crippen molar-refractivity contribution in [3.63, 3.8) is 0 Å². The van der Waals surface area contributed by atoms with E-state index in [0.29, 0.717) is 19.0 Å². The Morgan fingerprint density at radius 2 is 1.75 bits per heavy atom. The van der Waals surface area contributed by atoms with Crippen LogP contribution in [0.5, 0.6) is 0 Å². The first-order chi connectivity index (χ1) is 9.26. The minimum atomic E-state index is -3.48. The number of hydrogen-bond donors (Lipinski definition) is 1. The van der Waals surface area contributed by atoms with Gasteiger partial charge < -0.3 is 5.32 Å². The summed E-state index contributed by atoms with van der Waals surface area (Å²) in [7, 11) is -6.74. The maximum atomic E-state index is 12.4. The predicted molar refractivity (Wildman–Crippen MR) is 78.8 cm³/mol. The molecule has 20 heavy (non-hydrogen) atoms. The third kappa shape index (κ3) is 5.31. The summed E-state index contributed by atoms with van der Waals surface area (Å²) in [6.07, 6.45) is 5.30. The number of nitrogens with one attached hydrogen (secondary N) is 1. The van der Waals surface area contributed by atoms with Gasteiger partial charge in [0, 0.05) is 25.4 Å². The fraction of sp³-hybridized carbons (Fsp3) is 1.00. The van der Waals surface area contributed by atoms with Gasteiger partial charge in [-0.05, 0) is 38.1 Å². The second kappa shape index (κ2) is 6.29. The SMILES string of the molecule is CS(=O)(=O)CCS(=O)(=O)N(CC1CC1)CC1CCCN1. The topological polar surface area (TPSA) is 83.5 Å². The largest absolute Gasteiger partial charge is 0.313 e. The molecule has 1 aliphatic carbocycles. The maximum Gasteiger partial charge on any atom is 0.215 e. The van der Waals surface area contributed by atoms with Crippen molar-refractivity contribution in [3.05, 3.63) is 0 Å². The Balaban J connectivity index is 1.99. The van der Waals surface area contributed by atoms with Gasteiger partial charge in [0.05, 0.1) is 11.5 Å². The third-order valence-electron chi connectivity index (χ3n) is 3.85. The quantitative estimate of drug-likeness (QED) is 0.670. The zero-order valence-corrected chi connectivity index (χ0v) is 13.5. The zero-order chi connectivity index (χ0) is 14.8. The standard InChI is InChI=1S/C12H24N2O4S2/c1-19(15,16)7-8-20(17,18)14(9-11-4-5-11)10-12-3-2-6-13-12/h11-13H,2-10H2,1H3. The van der Waals surface area contributed by atoms with Crippen molar-refractivity contribution < 1.29 is 16.8 Å². The lowest BCUT2D eigenvalue weighted by Crippen LogP contribution is -2.43. The van der Waals surface area contributed by atoms with Crippen LogP contribution in [0.3, 0.4) is 0 Å². The lowest BCUT2D eigenvalue weighted by molar-refractivity contribution is 0.359. The molecule has 1 heterocycles. The van der Waals surface area contributed by atoms with Crippen LogP contribution in [0.15, 0.2) is 0 Å². The molecule has 1 saturated carbocycles. The van der Waals surface area contributed by atoms with Crippen LogP contribution in [0.25, 0.3) is 0 Å². The summed E-state index contributed by atoms with van der Waals surface area (Å²) in [5, 5.41) is 3.30. The molecule has 2 fully saturated rings. The highest BCUT2D eigenvalue weighted by atomic mass is 32.2. The van der Waals surface area contributed by atoms with Gasteiger partial charge in [-0.15, -0.1) is 0 Å². The maximum absolute atomic E-state index is 12.4. The molecule has 2 aliphatic rings. The van der Waals surface area contributed by atoms with Crippen molar-refractivity contribution in [1.29, 1.82) is 0 Å². The van der Waals surface area contributed by atoms with Gasteiger partial charge in [0.25, 0.3) is 0 Å². The van der Waals surface area contributed by atoms with Gasteiger partial charge in [0.2, 0.25) is 10.0 Å². The molecule has 0 aromatic carbocycles. The summed E-state index contributed by atoms with van der Waals surface area (Å²) in [6.45, 7) is 1.96. The Morgan fingerprint density at radius 3 is 2.25 bits per heavy atom. The average molecular weight is 324 g/mol. The number of sulfonamides is 1. The molecule has 0 radical (unpaired) electrons. The molecule has 1 atom stereocenters. The molecular weight excluding hydrogens is 300 g/mol. The Bertz CT molecular complexity index is 520. The number of rotatable bonds is 8. The van der Waals surface area contributed by atoms with Crippen LogP contribution in [0.1, 0.15) is 25.7 Å². The summed E-state index contributed by atoms with van der Waals surface area (Å²) in [4.78, 5) is 0. The van der Waals surface area contributed by atoms with E-state index in [4.69, 9.17) is 0 Å². The van der Waals surface area contributed by atoms with Crippen molar-refractivity contribution in [3.8, 4) is 0 Å². The number of sulfone groups is 1. The number of hydrogen-bond acceptors (Lipinski definition) is 5. The van der Waals surface area contributed by atoms with Crippen LogP contribution in [0, 0.1) is 5.92 Å². The van der Waals surface area contributed by atoms with Crippen molar-refractivity contribution in [2.75, 3.05) is 37.4 Å². The normalized spacial score (nSPS) is 24.4. The molecular formula is C12H24N2O4S2. The van der Waals surface area contributed by atoms with E-state index in [2.05, 4.69) is 5.32 Å². The predicted octanol–water partition coefficient (Wildman–Crippen LogP) is -0.175. The molecule has 0 aromatic rings. The molecule has 0 bridgehead atoms. The van der Waals surface area contributed by atoms with Gasteiger partial charge in [0.15, 0.2) is 0 Å². The first-order valence-electron chi connectivity index (χ1n) is 7.15. The van der Waals surface area contributed by atoms with E-state index in [1.54, 1.807) is 0 Å². The fourth-order valence-electron chi connectivity index (χ4n) is 2.43. The van der Waals surface area contributed by atoms with Gasteiger partial charge in [0.1, 0.15) is 9.84 Å². The minimum Gasteiger partial charge on any atom is -0.313 e. The van der Waals surface area contributed by atoms with Crippen LogP contribution < -0.4 is 5.32 Å². The highest BCUT2D eigenvalue weighted by Gasteiger charge is 2.33. The molecule has 1 unspecified atom stereocenters. The Kier molecular flexibility index (Phi) is 5.09. The Hall–Kier alpha value is -0.180. The van der Waals surface area contributed by atoms with Crippen LogP contribution >= 0.6 is 0 Å². The molecule has 8 heteroatoms. The van der Waals surface area contributed by atoms with Crippen molar-refractivity contribution in [2.45, 2.75) is 31.7 Å². The van der Waals surface area contributed by atoms with Gasteiger partial charge in [-0.1, -0.05) is 0 Å². The minimum absolute atomic E-state index is 0.210. The molecule has 2 rings (SSSR count). The highest BCUT2D eigenvalue weighted by Crippen LogP contribution is 2.31. The Morgan fingerprint density at radius 1 is 1.05 bits per heavy atom. The van der Waals surface area contributed by atoms with Crippen LogP contribution in [-0.2, 0) is 19.9 Å². The summed E-state index contributed by atoms with van der Waals surface area (Å²) in [5.74, 6) is -0.135. The van der Waals surface area contributed by atoms with Gasteiger partial charge >= 0.3 is 0 Å². The molecule has 0 amide bonds. The second-order valence-electron chi connectivity index (χ2n) is 6.00. The summed E-state index contributed by atoms with van der Waals surface area (Å²) >= 11 is 0. The van der Waals surface area contributed by atoms with Crippen LogP contribution in [-0.4, -0.2) is 64.6 Å². The monoisotopic (exact) mass is 324 g/mol. The van der Waals surface area contributed by atoms with E-state index in [9.17, 15) is 16.8 Å². The van der Waals surface area contributed by atoms with Crippen LogP contribution in [0.2, 0.25) is 0 Å². The van der Waals surface area contributed by atoms with E-state index < -0.39 is 19.9 Å². The first kappa shape index (κ1) is 16.2. The fourth-order valence-corrected chi connectivity index (χ4v) is 5.59. The lowest BCUT2D eigenvalue weighted by Gasteiger charge is -2.25. The van der Waals surface area contributed by atoms with E-state index >= 15 is 0 Å². The van der Waals surface area contributed by atoms with E-state index in [1.165, 1.54) is 4.31 Å². The first-order valence-corrected chi connectivity index (χ1v) is 10.8. The van der Waals surface area contributed by atoms with E-state index in [-0.39, 0.29) is 17.5 Å². The average Bonchev–Trinajstić information content (AvgIpc) is 3.00. The molecule has 0 aromatic heterocycles. The molecule has 6 nitrogen and oxygen atoms in total.